The lowest BCUT2D eigenvalue weighted by molar-refractivity contribution is 0.529. The van der Waals surface area contributed by atoms with Gasteiger partial charge in [0.15, 0.2) is 0 Å². The number of unbranched alkanes of at least 4 members (excludes halogenated alkanes) is 15. The van der Waals surface area contributed by atoms with Gasteiger partial charge in [-0.3, -0.25) is 0 Å². The van der Waals surface area contributed by atoms with Gasteiger partial charge in [-0.25, -0.2) is 0 Å². The molecule has 29 heavy (non-hydrogen) atoms. The van der Waals surface area contributed by atoms with Gasteiger partial charge in [0, 0.05) is 0 Å². The zero-order valence-electron chi connectivity index (χ0n) is 20.7. The van der Waals surface area contributed by atoms with Crippen LogP contribution in [0.2, 0.25) is 0 Å². The van der Waals surface area contributed by atoms with Crippen molar-refractivity contribution in [1.82, 2.24) is 0 Å². The zero-order valence-corrected chi connectivity index (χ0v) is 20.7. The smallest absolute Gasteiger partial charge is 0.000912 e. The van der Waals surface area contributed by atoms with Crippen LogP contribution in [0.4, 0.5) is 0 Å². The third-order valence-electron chi connectivity index (χ3n) is 6.69. The quantitative estimate of drug-likeness (QED) is 0.215. The van der Waals surface area contributed by atoms with Gasteiger partial charge in [-0.05, 0) is 54.9 Å². The van der Waals surface area contributed by atoms with Gasteiger partial charge in [0.2, 0.25) is 0 Å². The van der Waals surface area contributed by atoms with Gasteiger partial charge in [-0.2, -0.15) is 0 Å². The number of aryl methyl sites for hydroxylation is 1. The standard InChI is InChI=1S/C29H51/c1-6-7-8-9-10-11-12-13-14-15-16-17-18-19-20-21-22-29-27(5)26(4)23-24-28(29)25(2)3/h23-24H,6-22H2,1-5H3. The van der Waals surface area contributed by atoms with Crippen LogP contribution in [0.3, 0.4) is 0 Å². The number of hydrogen-bond acceptors (Lipinski definition) is 0. The molecule has 0 aliphatic rings. The summed E-state index contributed by atoms with van der Waals surface area (Å²) in [5, 5.41) is 0. The van der Waals surface area contributed by atoms with Gasteiger partial charge in [-0.15, -0.1) is 0 Å². The summed E-state index contributed by atoms with van der Waals surface area (Å²) in [7, 11) is 0. The molecule has 0 unspecified atom stereocenters. The Bertz CT molecular complexity index is 511. The third kappa shape index (κ3) is 11.9. The molecule has 0 fully saturated rings. The van der Waals surface area contributed by atoms with E-state index in [0.29, 0.717) is 0 Å². The van der Waals surface area contributed by atoms with Gasteiger partial charge in [0.05, 0.1) is 0 Å². The molecule has 0 aliphatic heterocycles. The molecule has 0 heteroatoms. The highest BCUT2D eigenvalue weighted by atomic mass is 14.2. The monoisotopic (exact) mass is 399 g/mol. The Labute approximate surface area is 184 Å². The summed E-state index contributed by atoms with van der Waals surface area (Å²) in [6, 6.07) is 4.62. The molecule has 0 saturated heterocycles. The Morgan fingerprint density at radius 2 is 1.00 bits per heavy atom. The molecule has 0 atom stereocenters. The zero-order chi connectivity index (χ0) is 21.3. The molecule has 1 radical (unpaired) electrons. The van der Waals surface area contributed by atoms with Crippen LogP contribution in [-0.2, 0) is 6.42 Å². The predicted octanol–water partition coefficient (Wildman–Crippen LogP) is 10.1. The summed E-state index contributed by atoms with van der Waals surface area (Å²) in [5.41, 5.74) is 6.07. The molecule has 0 aromatic heterocycles. The summed E-state index contributed by atoms with van der Waals surface area (Å²) in [6.07, 6.45) is 24.3. The highest BCUT2D eigenvalue weighted by Crippen LogP contribution is 2.26. The number of benzene rings is 1. The fourth-order valence-electron chi connectivity index (χ4n) is 4.51. The molecule has 1 aromatic rings. The van der Waals surface area contributed by atoms with Crippen molar-refractivity contribution in [2.45, 2.75) is 144 Å². The van der Waals surface area contributed by atoms with Crippen LogP contribution >= 0.6 is 0 Å². The number of rotatable bonds is 18. The first-order valence-corrected chi connectivity index (χ1v) is 13.0. The van der Waals surface area contributed by atoms with Crippen LogP contribution < -0.4 is 0 Å². The van der Waals surface area contributed by atoms with E-state index in [1.54, 1.807) is 5.56 Å². The van der Waals surface area contributed by atoms with Crippen molar-refractivity contribution in [1.29, 1.82) is 0 Å². The van der Waals surface area contributed by atoms with Crippen molar-refractivity contribution in [3.05, 3.63) is 40.3 Å². The first-order valence-electron chi connectivity index (χ1n) is 13.0. The second-order valence-electron chi connectivity index (χ2n) is 9.59. The van der Waals surface area contributed by atoms with Crippen LogP contribution in [-0.4, -0.2) is 0 Å². The van der Waals surface area contributed by atoms with E-state index in [1.165, 1.54) is 132 Å². The lowest BCUT2D eigenvalue weighted by Gasteiger charge is -2.17. The van der Waals surface area contributed by atoms with Gasteiger partial charge in [0.1, 0.15) is 0 Å². The van der Waals surface area contributed by atoms with E-state index in [2.05, 4.69) is 46.8 Å². The second kappa shape index (κ2) is 17.0. The van der Waals surface area contributed by atoms with E-state index < -0.39 is 0 Å². The van der Waals surface area contributed by atoms with Gasteiger partial charge in [-0.1, -0.05) is 129 Å². The molecule has 0 heterocycles. The van der Waals surface area contributed by atoms with Gasteiger partial charge in [0.25, 0.3) is 0 Å². The average molecular weight is 400 g/mol. The lowest BCUT2D eigenvalue weighted by atomic mass is 9.88. The second-order valence-corrected chi connectivity index (χ2v) is 9.59. The molecular formula is C29H51. The lowest BCUT2D eigenvalue weighted by Crippen LogP contribution is -2.02. The van der Waals surface area contributed by atoms with Crippen molar-refractivity contribution in [2.75, 3.05) is 0 Å². The summed E-state index contributed by atoms with van der Waals surface area (Å²) >= 11 is 0. The Hall–Kier alpha value is -0.780. The first kappa shape index (κ1) is 26.3. The van der Waals surface area contributed by atoms with E-state index in [1.807, 2.05) is 0 Å². The summed E-state index contributed by atoms with van der Waals surface area (Å²) in [6.45, 7) is 11.4. The van der Waals surface area contributed by atoms with Crippen LogP contribution in [0.5, 0.6) is 0 Å². The van der Waals surface area contributed by atoms with Crippen molar-refractivity contribution in [2.24, 2.45) is 0 Å². The fourth-order valence-corrected chi connectivity index (χ4v) is 4.51. The summed E-state index contributed by atoms with van der Waals surface area (Å²) in [4.78, 5) is 0. The number of hydrogen-bond donors (Lipinski definition) is 0. The molecule has 0 spiro atoms. The minimum atomic E-state index is 1.26. The first-order chi connectivity index (χ1) is 14.1. The van der Waals surface area contributed by atoms with Crippen LogP contribution in [0, 0.1) is 19.8 Å². The normalized spacial score (nSPS) is 11.5. The SMILES string of the molecule is CCCCCCCCCCCCCCCCCCc1c([C](C)C)ccc(C)c1C. The third-order valence-corrected chi connectivity index (χ3v) is 6.69. The van der Waals surface area contributed by atoms with Crippen molar-refractivity contribution >= 4 is 0 Å². The molecule has 0 N–H and O–H groups in total. The maximum Gasteiger partial charge on any atom is -0.000912 e. The molecule has 1 aromatic carbocycles. The van der Waals surface area contributed by atoms with Crippen LogP contribution in [0.15, 0.2) is 12.1 Å². The molecular weight excluding hydrogens is 348 g/mol. The van der Waals surface area contributed by atoms with E-state index in [9.17, 15) is 0 Å². The Kier molecular flexibility index (Phi) is 15.4. The predicted molar refractivity (Wildman–Crippen MR) is 133 cm³/mol. The van der Waals surface area contributed by atoms with Gasteiger partial charge < -0.3 is 0 Å². The summed E-state index contributed by atoms with van der Waals surface area (Å²) in [5.74, 6) is 1.46. The highest BCUT2D eigenvalue weighted by Gasteiger charge is 2.11. The fraction of sp³-hybridized carbons (Fsp3) is 0.759. The molecule has 0 aliphatic carbocycles. The largest absolute Gasteiger partial charge is 0.0654 e. The molecule has 0 nitrogen and oxygen atoms in total. The highest BCUT2D eigenvalue weighted by molar-refractivity contribution is 5.45. The van der Waals surface area contributed by atoms with E-state index in [4.69, 9.17) is 0 Å². The molecule has 1 rings (SSSR count). The maximum absolute atomic E-state index is 2.33. The van der Waals surface area contributed by atoms with E-state index >= 15 is 0 Å². The molecule has 167 valence electrons. The Morgan fingerprint density at radius 3 is 1.41 bits per heavy atom. The van der Waals surface area contributed by atoms with Gasteiger partial charge >= 0.3 is 0 Å². The summed E-state index contributed by atoms with van der Waals surface area (Å²) < 4.78 is 0. The Balaban J connectivity index is 1.98. The maximum atomic E-state index is 2.33. The van der Waals surface area contributed by atoms with E-state index in [0.717, 1.165) is 0 Å². The molecule has 0 saturated carbocycles. The van der Waals surface area contributed by atoms with Crippen molar-refractivity contribution in [3.63, 3.8) is 0 Å². The molecule has 0 bridgehead atoms. The van der Waals surface area contributed by atoms with Crippen LogP contribution in [0.1, 0.15) is 146 Å². The Morgan fingerprint density at radius 1 is 0.586 bits per heavy atom. The van der Waals surface area contributed by atoms with E-state index in [-0.39, 0.29) is 0 Å². The minimum absolute atomic E-state index is 1.26. The average Bonchev–Trinajstić information content (AvgIpc) is 2.70. The van der Waals surface area contributed by atoms with Crippen molar-refractivity contribution in [3.8, 4) is 0 Å². The molecule has 0 amide bonds. The van der Waals surface area contributed by atoms with Crippen LogP contribution in [0.25, 0.3) is 0 Å². The van der Waals surface area contributed by atoms with Crippen molar-refractivity contribution < 1.29 is 0 Å². The minimum Gasteiger partial charge on any atom is -0.0654 e. The topological polar surface area (TPSA) is 0 Å².